The predicted octanol–water partition coefficient (Wildman–Crippen LogP) is 2.82. The van der Waals surface area contributed by atoms with Crippen LogP contribution in [0.1, 0.15) is 29.8 Å². The second-order valence-electron chi connectivity index (χ2n) is 4.61. The summed E-state index contributed by atoms with van der Waals surface area (Å²) in [7, 11) is 0. The van der Waals surface area contributed by atoms with E-state index in [-0.39, 0.29) is 23.1 Å². The van der Waals surface area contributed by atoms with E-state index in [4.69, 9.17) is 10.5 Å². The lowest BCUT2D eigenvalue weighted by atomic mass is 10.0. The van der Waals surface area contributed by atoms with Crippen LogP contribution < -0.4 is 10.5 Å². The van der Waals surface area contributed by atoms with Crippen molar-refractivity contribution in [2.75, 3.05) is 5.73 Å². The molecule has 0 fully saturated rings. The summed E-state index contributed by atoms with van der Waals surface area (Å²) in [5, 5.41) is 0. The second-order valence-corrected chi connectivity index (χ2v) is 4.61. The molecule has 0 aliphatic heterocycles. The van der Waals surface area contributed by atoms with Gasteiger partial charge >= 0.3 is 0 Å². The SMILES string of the molecule is CC(C)Oc1cncc(C(=O)c2cccc(F)c2N)c1. The van der Waals surface area contributed by atoms with E-state index >= 15 is 0 Å². The Bertz CT molecular complexity index is 642. The first-order valence-electron chi connectivity index (χ1n) is 6.19. The molecule has 0 aliphatic carbocycles. The Hall–Kier alpha value is -2.43. The number of halogens is 1. The minimum atomic E-state index is -0.613. The average molecular weight is 274 g/mol. The van der Waals surface area contributed by atoms with E-state index in [2.05, 4.69) is 4.98 Å². The zero-order valence-electron chi connectivity index (χ0n) is 11.3. The molecule has 1 aromatic heterocycles. The number of ketones is 1. The first-order chi connectivity index (χ1) is 9.49. The summed E-state index contributed by atoms with van der Waals surface area (Å²) in [5.74, 6) is -0.511. The molecule has 4 nitrogen and oxygen atoms in total. The van der Waals surface area contributed by atoms with Crippen LogP contribution in [0.15, 0.2) is 36.7 Å². The quantitative estimate of drug-likeness (QED) is 0.687. The van der Waals surface area contributed by atoms with E-state index in [1.807, 2.05) is 13.8 Å². The molecule has 0 amide bonds. The smallest absolute Gasteiger partial charge is 0.196 e. The van der Waals surface area contributed by atoms with E-state index in [0.29, 0.717) is 11.3 Å². The fourth-order valence-electron chi connectivity index (χ4n) is 1.77. The monoisotopic (exact) mass is 274 g/mol. The van der Waals surface area contributed by atoms with Gasteiger partial charge < -0.3 is 10.5 Å². The number of carbonyl (C=O) groups excluding carboxylic acids is 1. The highest BCUT2D eigenvalue weighted by Gasteiger charge is 2.15. The Kier molecular flexibility index (Phi) is 3.98. The van der Waals surface area contributed by atoms with Crippen LogP contribution in [-0.4, -0.2) is 16.9 Å². The zero-order valence-corrected chi connectivity index (χ0v) is 11.3. The van der Waals surface area contributed by atoms with E-state index < -0.39 is 5.82 Å². The predicted molar refractivity (Wildman–Crippen MR) is 74.2 cm³/mol. The molecular formula is C15H15FN2O2. The van der Waals surface area contributed by atoms with Crippen LogP contribution in [0.4, 0.5) is 10.1 Å². The van der Waals surface area contributed by atoms with Gasteiger partial charge in [0.2, 0.25) is 0 Å². The Morgan fingerprint density at radius 2 is 2.10 bits per heavy atom. The number of hydrogen-bond acceptors (Lipinski definition) is 4. The van der Waals surface area contributed by atoms with E-state index in [0.717, 1.165) is 0 Å². The van der Waals surface area contributed by atoms with Gasteiger partial charge in [-0.15, -0.1) is 0 Å². The molecule has 0 bridgehead atoms. The number of nitrogen functional groups attached to an aromatic ring is 1. The van der Waals surface area contributed by atoms with Gasteiger partial charge in [-0.1, -0.05) is 6.07 Å². The molecule has 5 heteroatoms. The number of nitrogens with zero attached hydrogens (tertiary/aromatic N) is 1. The number of ether oxygens (including phenoxy) is 1. The molecular weight excluding hydrogens is 259 g/mol. The molecule has 2 aromatic rings. The van der Waals surface area contributed by atoms with Crippen LogP contribution in [-0.2, 0) is 0 Å². The van der Waals surface area contributed by atoms with Crippen LogP contribution in [0.5, 0.6) is 5.75 Å². The Morgan fingerprint density at radius 3 is 2.80 bits per heavy atom. The number of anilines is 1. The van der Waals surface area contributed by atoms with Crippen molar-refractivity contribution in [2.24, 2.45) is 0 Å². The third kappa shape index (κ3) is 2.93. The molecule has 0 unspecified atom stereocenters. The average Bonchev–Trinajstić information content (AvgIpc) is 2.41. The molecule has 0 saturated heterocycles. The molecule has 0 aliphatic rings. The highest BCUT2D eigenvalue weighted by Crippen LogP contribution is 2.21. The maximum Gasteiger partial charge on any atom is 0.196 e. The van der Waals surface area contributed by atoms with Gasteiger partial charge in [0, 0.05) is 17.3 Å². The number of aromatic nitrogens is 1. The van der Waals surface area contributed by atoms with E-state index in [9.17, 15) is 9.18 Å². The lowest BCUT2D eigenvalue weighted by molar-refractivity contribution is 0.103. The zero-order chi connectivity index (χ0) is 14.7. The number of carbonyl (C=O) groups is 1. The molecule has 104 valence electrons. The maximum absolute atomic E-state index is 13.4. The number of hydrogen-bond donors (Lipinski definition) is 1. The standard InChI is InChI=1S/C15H15FN2O2/c1-9(2)20-11-6-10(7-18-8-11)15(19)12-4-3-5-13(16)14(12)17/h3-9H,17H2,1-2H3. The van der Waals surface area contributed by atoms with Crippen molar-refractivity contribution in [1.29, 1.82) is 0 Å². The fraction of sp³-hybridized carbons (Fsp3) is 0.200. The number of pyridine rings is 1. The molecule has 0 spiro atoms. The Morgan fingerprint density at radius 1 is 1.35 bits per heavy atom. The van der Waals surface area contributed by atoms with Crippen molar-refractivity contribution in [3.05, 3.63) is 53.6 Å². The lowest BCUT2D eigenvalue weighted by Gasteiger charge is -2.10. The van der Waals surface area contributed by atoms with Crippen molar-refractivity contribution < 1.29 is 13.9 Å². The summed E-state index contributed by atoms with van der Waals surface area (Å²) in [6.07, 6.45) is 2.90. The Labute approximate surface area is 116 Å². The molecule has 1 heterocycles. The van der Waals surface area contributed by atoms with Crippen LogP contribution in [0, 0.1) is 5.82 Å². The maximum atomic E-state index is 13.4. The molecule has 1 aromatic carbocycles. The van der Waals surface area contributed by atoms with Crippen molar-refractivity contribution in [3.8, 4) is 5.75 Å². The Balaban J connectivity index is 2.36. The first-order valence-corrected chi connectivity index (χ1v) is 6.19. The van der Waals surface area contributed by atoms with Crippen molar-refractivity contribution in [1.82, 2.24) is 4.98 Å². The second kappa shape index (κ2) is 5.69. The molecule has 0 atom stereocenters. The topological polar surface area (TPSA) is 65.2 Å². The van der Waals surface area contributed by atoms with Crippen molar-refractivity contribution in [3.63, 3.8) is 0 Å². The third-order valence-corrected chi connectivity index (χ3v) is 2.64. The van der Waals surface area contributed by atoms with Crippen LogP contribution >= 0.6 is 0 Å². The number of benzene rings is 1. The van der Waals surface area contributed by atoms with Crippen LogP contribution in [0.3, 0.4) is 0 Å². The van der Waals surface area contributed by atoms with Gasteiger partial charge in [0.15, 0.2) is 5.78 Å². The lowest BCUT2D eigenvalue weighted by Crippen LogP contribution is -2.09. The fourth-order valence-corrected chi connectivity index (χ4v) is 1.77. The van der Waals surface area contributed by atoms with Crippen molar-refractivity contribution >= 4 is 11.5 Å². The summed E-state index contributed by atoms with van der Waals surface area (Å²) in [4.78, 5) is 16.3. The first kappa shape index (κ1) is 14.0. The van der Waals surface area contributed by atoms with Crippen molar-refractivity contribution in [2.45, 2.75) is 20.0 Å². The molecule has 2 rings (SSSR count). The molecule has 0 saturated carbocycles. The number of rotatable bonds is 4. The molecule has 0 radical (unpaired) electrons. The van der Waals surface area contributed by atoms with Crippen LogP contribution in [0.25, 0.3) is 0 Å². The highest BCUT2D eigenvalue weighted by atomic mass is 19.1. The molecule has 20 heavy (non-hydrogen) atoms. The minimum absolute atomic E-state index is 0.0265. The van der Waals surface area contributed by atoms with Gasteiger partial charge in [0.1, 0.15) is 11.6 Å². The van der Waals surface area contributed by atoms with Gasteiger partial charge in [-0.3, -0.25) is 9.78 Å². The summed E-state index contributed by atoms with van der Waals surface area (Å²) in [5.41, 5.74) is 5.86. The minimum Gasteiger partial charge on any atom is -0.489 e. The number of nitrogens with two attached hydrogens (primary N) is 1. The summed E-state index contributed by atoms with van der Waals surface area (Å²) in [6, 6.07) is 5.71. The summed E-state index contributed by atoms with van der Waals surface area (Å²) >= 11 is 0. The van der Waals surface area contributed by atoms with E-state index in [1.165, 1.54) is 30.6 Å². The van der Waals surface area contributed by atoms with Crippen LogP contribution in [0.2, 0.25) is 0 Å². The normalized spacial score (nSPS) is 10.6. The highest BCUT2D eigenvalue weighted by molar-refractivity contribution is 6.12. The number of para-hydroxylation sites is 1. The largest absolute Gasteiger partial charge is 0.489 e. The molecule has 2 N–H and O–H groups in total. The van der Waals surface area contributed by atoms with Gasteiger partial charge in [-0.25, -0.2) is 4.39 Å². The van der Waals surface area contributed by atoms with Gasteiger partial charge in [0.05, 0.1) is 18.0 Å². The van der Waals surface area contributed by atoms with E-state index in [1.54, 1.807) is 6.07 Å². The van der Waals surface area contributed by atoms with Gasteiger partial charge in [-0.2, -0.15) is 0 Å². The van der Waals surface area contributed by atoms with Gasteiger partial charge in [0.25, 0.3) is 0 Å². The van der Waals surface area contributed by atoms with Gasteiger partial charge in [-0.05, 0) is 32.0 Å². The summed E-state index contributed by atoms with van der Waals surface area (Å²) in [6.45, 7) is 3.75. The third-order valence-electron chi connectivity index (χ3n) is 2.64. The summed E-state index contributed by atoms with van der Waals surface area (Å²) < 4.78 is 18.9.